The Balaban J connectivity index is 1.35. The van der Waals surface area contributed by atoms with E-state index in [1.54, 1.807) is 42.7 Å². The predicted molar refractivity (Wildman–Crippen MR) is 169 cm³/mol. The van der Waals surface area contributed by atoms with E-state index >= 15 is 0 Å². The molecule has 0 unspecified atom stereocenters. The van der Waals surface area contributed by atoms with Crippen molar-refractivity contribution < 1.29 is 24.2 Å². The number of pyridine rings is 1. The molecule has 2 aromatic carbocycles. The maximum Gasteiger partial charge on any atom is 0.427 e. The van der Waals surface area contributed by atoms with Gasteiger partial charge < -0.3 is 19.7 Å². The van der Waals surface area contributed by atoms with Gasteiger partial charge in [0.1, 0.15) is 11.6 Å². The number of ether oxygens (including phenoxy) is 1. The number of benzene rings is 2. The first-order valence-electron chi connectivity index (χ1n) is 14.6. The number of carbonyl (C=O) groups is 3. The zero-order chi connectivity index (χ0) is 31.3. The largest absolute Gasteiger partial charge is 0.481 e. The van der Waals surface area contributed by atoms with Crippen LogP contribution in [-0.2, 0) is 23.1 Å². The summed E-state index contributed by atoms with van der Waals surface area (Å²) in [5.74, 6) is -0.203. The lowest BCUT2D eigenvalue weighted by atomic mass is 10.1. The van der Waals surface area contributed by atoms with Crippen LogP contribution in [0.15, 0.2) is 72.0 Å². The lowest BCUT2D eigenvalue weighted by molar-refractivity contribution is -0.136. The minimum atomic E-state index is -0.999. The number of carboxylic acid groups (broad SMARTS) is 1. The molecule has 12 nitrogen and oxygen atoms in total. The van der Waals surface area contributed by atoms with Gasteiger partial charge in [-0.3, -0.25) is 14.5 Å². The SMILES string of the molecule is CCCCCCOC(=O)N/N=C/c1ccc(NCc2nc3cc(C(=O)N(CCC(=O)O)c4ccccn4)ccc3n2C)cc1. The fraction of sp³-hybridized carbons (Fsp3) is 0.312. The second-order valence-electron chi connectivity index (χ2n) is 10.1. The molecule has 0 aliphatic rings. The lowest BCUT2D eigenvalue weighted by Gasteiger charge is -2.21. The fourth-order valence-electron chi connectivity index (χ4n) is 4.49. The van der Waals surface area contributed by atoms with E-state index in [-0.39, 0.29) is 18.9 Å². The third-order valence-electron chi connectivity index (χ3n) is 6.90. The standard InChI is InChI=1S/C32H37N7O5/c1-3-4-5-8-19-44-32(43)37-35-21-23-10-13-25(14-11-23)34-22-29-36-26-20-24(12-15-27(26)38(29)2)31(42)39(18-16-30(40)41)28-9-6-7-17-33-28/h6-7,9-15,17,20-21,34H,3-5,8,16,18-19,22H2,1-2H3,(H,37,43)(H,40,41)/b35-21+. The topological polar surface area (TPSA) is 151 Å². The number of nitrogens with one attached hydrogen (secondary N) is 2. The van der Waals surface area contributed by atoms with Crippen molar-refractivity contribution in [3.63, 3.8) is 0 Å². The zero-order valence-electron chi connectivity index (χ0n) is 24.9. The molecule has 3 N–H and O–H groups in total. The van der Waals surface area contributed by atoms with Crippen LogP contribution < -0.4 is 15.6 Å². The first-order chi connectivity index (χ1) is 21.4. The summed E-state index contributed by atoms with van der Waals surface area (Å²) in [6.07, 6.45) is 6.46. The van der Waals surface area contributed by atoms with Gasteiger partial charge in [0, 0.05) is 31.0 Å². The van der Waals surface area contributed by atoms with Crippen LogP contribution in [0.1, 0.15) is 60.8 Å². The lowest BCUT2D eigenvalue weighted by Crippen LogP contribution is -2.33. The summed E-state index contributed by atoms with van der Waals surface area (Å²) >= 11 is 0. The molecule has 44 heavy (non-hydrogen) atoms. The highest BCUT2D eigenvalue weighted by Crippen LogP contribution is 2.21. The second-order valence-corrected chi connectivity index (χ2v) is 10.1. The van der Waals surface area contributed by atoms with Crippen molar-refractivity contribution in [2.24, 2.45) is 12.1 Å². The van der Waals surface area contributed by atoms with Crippen molar-refractivity contribution in [2.45, 2.75) is 45.6 Å². The number of fused-ring (bicyclic) bond motifs is 1. The van der Waals surface area contributed by atoms with Crippen LogP contribution in [0.5, 0.6) is 0 Å². The Morgan fingerprint density at radius 1 is 1.07 bits per heavy atom. The molecular formula is C32H37N7O5. The monoisotopic (exact) mass is 599 g/mol. The minimum Gasteiger partial charge on any atom is -0.481 e. The number of unbranched alkanes of at least 4 members (excludes halogenated alkanes) is 3. The molecular weight excluding hydrogens is 562 g/mol. The van der Waals surface area contributed by atoms with E-state index in [0.717, 1.165) is 48.3 Å². The van der Waals surface area contributed by atoms with Crippen LogP contribution in [0.4, 0.5) is 16.3 Å². The summed E-state index contributed by atoms with van der Waals surface area (Å²) in [5, 5.41) is 16.5. The molecule has 0 fully saturated rings. The number of aromatic nitrogens is 3. The number of carboxylic acids is 1. The highest BCUT2D eigenvalue weighted by Gasteiger charge is 2.21. The number of aryl methyl sites for hydroxylation is 1. The average Bonchev–Trinajstić information content (AvgIpc) is 3.35. The summed E-state index contributed by atoms with van der Waals surface area (Å²) in [6, 6.07) is 17.9. The highest BCUT2D eigenvalue weighted by atomic mass is 16.5. The summed E-state index contributed by atoms with van der Waals surface area (Å²) in [7, 11) is 1.91. The second kappa shape index (κ2) is 15.8. The molecule has 0 bridgehead atoms. The van der Waals surface area contributed by atoms with E-state index in [0.29, 0.717) is 30.0 Å². The Labute approximate surface area is 255 Å². The smallest absolute Gasteiger partial charge is 0.427 e. The van der Waals surface area contributed by atoms with Gasteiger partial charge in [-0.25, -0.2) is 20.2 Å². The highest BCUT2D eigenvalue weighted by molar-refractivity contribution is 6.07. The van der Waals surface area contributed by atoms with Gasteiger partial charge in [-0.05, 0) is 54.4 Å². The number of anilines is 2. The van der Waals surface area contributed by atoms with Gasteiger partial charge in [0.15, 0.2) is 0 Å². The van der Waals surface area contributed by atoms with Crippen molar-refractivity contribution in [2.75, 3.05) is 23.4 Å². The van der Waals surface area contributed by atoms with E-state index in [9.17, 15) is 19.5 Å². The Bertz CT molecular complexity index is 1590. The molecule has 0 aliphatic heterocycles. The molecule has 0 saturated carbocycles. The Morgan fingerprint density at radius 3 is 2.61 bits per heavy atom. The summed E-state index contributed by atoms with van der Waals surface area (Å²) in [6.45, 7) is 2.94. The van der Waals surface area contributed by atoms with Gasteiger partial charge >= 0.3 is 12.1 Å². The number of amides is 2. The number of carbonyl (C=O) groups excluding carboxylic acids is 2. The molecule has 12 heteroatoms. The molecule has 0 radical (unpaired) electrons. The number of aliphatic carboxylic acids is 1. The van der Waals surface area contributed by atoms with E-state index < -0.39 is 12.1 Å². The molecule has 0 saturated heterocycles. The minimum absolute atomic E-state index is 0.00645. The quantitative estimate of drug-likeness (QED) is 0.0941. The number of hydrogen-bond donors (Lipinski definition) is 3. The third kappa shape index (κ3) is 8.87. The van der Waals surface area contributed by atoms with Crippen LogP contribution >= 0.6 is 0 Å². The van der Waals surface area contributed by atoms with Crippen molar-refractivity contribution in [1.29, 1.82) is 0 Å². The number of nitrogens with zero attached hydrogens (tertiary/aromatic N) is 5. The Hall–Kier alpha value is -5.26. The molecule has 0 aliphatic carbocycles. The average molecular weight is 600 g/mol. The van der Waals surface area contributed by atoms with Crippen molar-refractivity contribution in [1.82, 2.24) is 20.0 Å². The van der Waals surface area contributed by atoms with Gasteiger partial charge in [-0.2, -0.15) is 5.10 Å². The third-order valence-corrected chi connectivity index (χ3v) is 6.90. The maximum absolute atomic E-state index is 13.4. The zero-order valence-corrected chi connectivity index (χ0v) is 24.9. The van der Waals surface area contributed by atoms with Crippen LogP contribution in [0.25, 0.3) is 11.0 Å². The number of hydrazone groups is 1. The number of rotatable bonds is 15. The van der Waals surface area contributed by atoms with E-state index in [1.807, 2.05) is 41.9 Å². The first kappa shape index (κ1) is 31.7. The van der Waals surface area contributed by atoms with Gasteiger partial charge in [0.2, 0.25) is 0 Å². The Kier molecular flexibility index (Phi) is 11.4. The molecule has 0 atom stereocenters. The van der Waals surface area contributed by atoms with Gasteiger partial charge in [-0.1, -0.05) is 44.4 Å². The van der Waals surface area contributed by atoms with Crippen molar-refractivity contribution in [3.8, 4) is 0 Å². The van der Waals surface area contributed by atoms with Crippen LogP contribution in [0, 0.1) is 0 Å². The molecule has 4 rings (SSSR count). The van der Waals surface area contributed by atoms with E-state index in [1.165, 1.54) is 4.90 Å². The van der Waals surface area contributed by atoms with Crippen molar-refractivity contribution >= 4 is 46.7 Å². The molecule has 2 amide bonds. The first-order valence-corrected chi connectivity index (χ1v) is 14.6. The van der Waals surface area contributed by atoms with Gasteiger partial charge in [-0.15, -0.1) is 0 Å². The van der Waals surface area contributed by atoms with Crippen LogP contribution in [-0.4, -0.2) is 57.0 Å². The predicted octanol–water partition coefficient (Wildman–Crippen LogP) is 5.34. The summed E-state index contributed by atoms with van der Waals surface area (Å²) < 4.78 is 7.04. The maximum atomic E-state index is 13.4. The molecule has 0 spiro atoms. The summed E-state index contributed by atoms with van der Waals surface area (Å²) in [5.41, 5.74) is 5.93. The van der Waals surface area contributed by atoms with E-state index in [4.69, 9.17) is 9.72 Å². The molecule has 4 aromatic rings. The molecule has 230 valence electrons. The van der Waals surface area contributed by atoms with Gasteiger partial charge in [0.25, 0.3) is 5.91 Å². The van der Waals surface area contributed by atoms with Gasteiger partial charge in [0.05, 0.1) is 36.8 Å². The van der Waals surface area contributed by atoms with Crippen LogP contribution in [0.3, 0.4) is 0 Å². The Morgan fingerprint density at radius 2 is 1.89 bits per heavy atom. The summed E-state index contributed by atoms with van der Waals surface area (Å²) in [4.78, 5) is 46.7. The van der Waals surface area contributed by atoms with E-state index in [2.05, 4.69) is 27.8 Å². The molecule has 2 heterocycles. The fourth-order valence-corrected chi connectivity index (χ4v) is 4.49. The number of hydrogen-bond acceptors (Lipinski definition) is 8. The number of imidazole rings is 1. The normalized spacial score (nSPS) is 11.0. The molecule has 2 aromatic heterocycles. The van der Waals surface area contributed by atoms with Crippen molar-refractivity contribution in [3.05, 3.63) is 83.8 Å². The van der Waals surface area contributed by atoms with Crippen LogP contribution in [0.2, 0.25) is 0 Å².